The van der Waals surface area contributed by atoms with Crippen molar-refractivity contribution in [1.29, 1.82) is 0 Å². The van der Waals surface area contributed by atoms with Gasteiger partial charge in [0, 0.05) is 61.6 Å². The number of hydrogen-bond donors (Lipinski definition) is 1. The zero-order valence-electron chi connectivity index (χ0n) is 20.5. The van der Waals surface area contributed by atoms with E-state index < -0.39 is 17.6 Å². The number of nitrogens with zero attached hydrogens (tertiary/aromatic N) is 4. The van der Waals surface area contributed by atoms with Crippen LogP contribution in [0.1, 0.15) is 31.4 Å². The van der Waals surface area contributed by atoms with Crippen LogP contribution < -0.4 is 5.32 Å². The Labute approximate surface area is 222 Å². The molecule has 194 valence electrons. The topological polar surface area (TPSA) is 61.4 Å². The molecule has 0 radical (unpaired) electrons. The van der Waals surface area contributed by atoms with E-state index >= 15 is 0 Å². The maximum Gasteiger partial charge on any atom is 0.416 e. The Kier molecular flexibility index (Phi) is 7.42. The smallest absolute Gasteiger partial charge is 0.321 e. The molecule has 1 aliphatic rings. The molecule has 2 aromatic carbocycles. The van der Waals surface area contributed by atoms with E-state index in [0.717, 1.165) is 66.0 Å². The minimum absolute atomic E-state index is 0.0943. The van der Waals surface area contributed by atoms with Crippen LogP contribution in [0.4, 0.5) is 18.9 Å². The van der Waals surface area contributed by atoms with Gasteiger partial charge in [0.1, 0.15) is 4.88 Å². The molecule has 0 bridgehead atoms. The highest BCUT2D eigenvalue weighted by Gasteiger charge is 2.31. The number of carbonyl (C=O) groups is 1. The van der Waals surface area contributed by atoms with Crippen LogP contribution in [0.3, 0.4) is 0 Å². The summed E-state index contributed by atoms with van der Waals surface area (Å²) in [4.78, 5) is 25.8. The van der Waals surface area contributed by atoms with Crippen molar-refractivity contribution in [3.8, 4) is 11.8 Å². The predicted octanol–water partition coefficient (Wildman–Crippen LogP) is 5.11. The minimum atomic E-state index is -4.53. The molecular formula is C28H24F3N5OS. The van der Waals surface area contributed by atoms with E-state index in [-0.39, 0.29) is 10.6 Å². The van der Waals surface area contributed by atoms with Crippen molar-refractivity contribution in [2.75, 3.05) is 38.5 Å². The number of alkyl halides is 3. The molecule has 0 unspecified atom stereocenters. The second kappa shape index (κ2) is 10.9. The molecule has 3 heterocycles. The van der Waals surface area contributed by atoms with Crippen molar-refractivity contribution >= 4 is 33.7 Å². The molecule has 6 nitrogen and oxygen atoms in total. The third-order valence-corrected chi connectivity index (χ3v) is 7.19. The zero-order chi connectivity index (χ0) is 26.7. The van der Waals surface area contributed by atoms with Gasteiger partial charge < -0.3 is 10.2 Å². The normalized spacial score (nSPS) is 14.7. The molecule has 1 amide bonds. The zero-order valence-corrected chi connectivity index (χ0v) is 21.4. The SMILES string of the molecule is CN1CCN(Cc2cc(NC(=O)c3cnc(C#Cc4cncc5ccccc45)s3)cc(C(F)(F)F)c2)CC1. The van der Waals surface area contributed by atoms with Crippen LogP contribution in [0.2, 0.25) is 0 Å². The quantitative estimate of drug-likeness (QED) is 0.368. The number of likely N-dealkylation sites (N-methyl/N-ethyl adjacent to an activating group) is 1. The number of amides is 1. The lowest BCUT2D eigenvalue weighted by Crippen LogP contribution is -2.43. The maximum absolute atomic E-state index is 13.6. The highest BCUT2D eigenvalue weighted by atomic mass is 32.1. The Hall–Kier alpha value is -3.78. The number of aromatic nitrogens is 2. The van der Waals surface area contributed by atoms with Gasteiger partial charge >= 0.3 is 6.18 Å². The van der Waals surface area contributed by atoms with Crippen molar-refractivity contribution in [3.63, 3.8) is 0 Å². The average Bonchev–Trinajstić information content (AvgIpc) is 3.37. The number of pyridine rings is 1. The van der Waals surface area contributed by atoms with E-state index in [0.29, 0.717) is 17.1 Å². The molecule has 5 rings (SSSR count). The lowest BCUT2D eigenvalue weighted by atomic mass is 10.1. The van der Waals surface area contributed by atoms with Crippen LogP contribution in [0.15, 0.2) is 61.1 Å². The fraction of sp³-hybridized carbons (Fsp3) is 0.250. The molecule has 1 saturated heterocycles. The number of benzene rings is 2. The van der Waals surface area contributed by atoms with Crippen molar-refractivity contribution in [1.82, 2.24) is 19.8 Å². The van der Waals surface area contributed by atoms with Gasteiger partial charge in [0.05, 0.1) is 17.3 Å². The highest BCUT2D eigenvalue weighted by Crippen LogP contribution is 2.32. The Morgan fingerprint density at radius 1 is 1.05 bits per heavy atom. The van der Waals surface area contributed by atoms with Crippen LogP contribution in [-0.2, 0) is 12.7 Å². The van der Waals surface area contributed by atoms with Crippen molar-refractivity contribution in [2.45, 2.75) is 12.7 Å². The minimum Gasteiger partial charge on any atom is -0.321 e. The second-order valence-electron chi connectivity index (χ2n) is 9.14. The van der Waals surface area contributed by atoms with E-state index in [1.54, 1.807) is 18.5 Å². The van der Waals surface area contributed by atoms with E-state index in [1.807, 2.05) is 31.3 Å². The molecule has 10 heteroatoms. The number of anilines is 1. The van der Waals surface area contributed by atoms with Crippen molar-refractivity contribution < 1.29 is 18.0 Å². The Bertz CT molecular complexity index is 1530. The fourth-order valence-electron chi connectivity index (χ4n) is 4.25. The molecule has 4 aromatic rings. The fourth-order valence-corrected chi connectivity index (χ4v) is 4.91. The van der Waals surface area contributed by atoms with Crippen LogP contribution in [0.25, 0.3) is 10.8 Å². The lowest BCUT2D eigenvalue weighted by molar-refractivity contribution is -0.137. The van der Waals surface area contributed by atoms with Gasteiger partial charge in [-0.15, -0.1) is 11.3 Å². The Morgan fingerprint density at radius 3 is 2.63 bits per heavy atom. The highest BCUT2D eigenvalue weighted by molar-refractivity contribution is 7.14. The van der Waals surface area contributed by atoms with Crippen LogP contribution in [0, 0.1) is 11.8 Å². The maximum atomic E-state index is 13.6. The summed E-state index contributed by atoms with van der Waals surface area (Å²) in [6, 6.07) is 11.5. The van der Waals surface area contributed by atoms with Gasteiger partial charge in [0.25, 0.3) is 5.91 Å². The molecule has 1 aliphatic heterocycles. The molecule has 1 fully saturated rings. The number of hydrogen-bond acceptors (Lipinski definition) is 6. The number of nitrogens with one attached hydrogen (secondary N) is 1. The predicted molar refractivity (Wildman–Crippen MR) is 142 cm³/mol. The summed E-state index contributed by atoms with van der Waals surface area (Å²) in [5.41, 5.74) is 0.538. The summed E-state index contributed by atoms with van der Waals surface area (Å²) in [5, 5.41) is 4.96. The van der Waals surface area contributed by atoms with E-state index in [1.165, 1.54) is 6.20 Å². The number of rotatable bonds is 4. The third-order valence-electron chi connectivity index (χ3n) is 6.28. The van der Waals surface area contributed by atoms with Crippen LogP contribution >= 0.6 is 11.3 Å². The van der Waals surface area contributed by atoms with E-state index in [4.69, 9.17) is 0 Å². The van der Waals surface area contributed by atoms with E-state index in [9.17, 15) is 18.0 Å². The first-order valence-electron chi connectivity index (χ1n) is 12.0. The Balaban J connectivity index is 1.33. The van der Waals surface area contributed by atoms with Gasteiger partial charge in [-0.05, 0) is 36.7 Å². The summed E-state index contributed by atoms with van der Waals surface area (Å²) in [6.07, 6.45) is 0.284. The van der Waals surface area contributed by atoms with Gasteiger partial charge in [-0.25, -0.2) is 4.98 Å². The summed E-state index contributed by atoms with van der Waals surface area (Å²) in [7, 11) is 2.02. The molecule has 2 aromatic heterocycles. The second-order valence-corrected chi connectivity index (χ2v) is 10.2. The standard InChI is InChI=1S/C28H24F3N5OS/c1-35-8-10-36(11-9-35)18-19-12-22(28(29,30)31)14-23(13-19)34-27(37)25-17-33-26(38-25)7-6-21-16-32-15-20-4-2-3-5-24(20)21/h2-5,12-17H,8-11,18H2,1H3,(H,34,37). The van der Waals surface area contributed by atoms with Gasteiger partial charge in [-0.3, -0.25) is 14.7 Å². The summed E-state index contributed by atoms with van der Waals surface area (Å²) < 4.78 is 40.8. The Morgan fingerprint density at radius 2 is 1.84 bits per heavy atom. The number of thiazole rings is 1. The number of halogens is 3. The number of carbonyl (C=O) groups excluding carboxylic acids is 1. The number of piperazine rings is 1. The molecule has 0 aliphatic carbocycles. The van der Waals surface area contributed by atoms with Gasteiger partial charge in [-0.2, -0.15) is 13.2 Å². The van der Waals surface area contributed by atoms with Crippen molar-refractivity contribution in [2.24, 2.45) is 0 Å². The molecule has 0 atom stereocenters. The summed E-state index contributed by atoms with van der Waals surface area (Å²) >= 11 is 1.08. The number of fused-ring (bicyclic) bond motifs is 1. The van der Waals surface area contributed by atoms with Crippen LogP contribution in [-0.4, -0.2) is 58.9 Å². The molecule has 0 saturated carbocycles. The van der Waals surface area contributed by atoms with E-state index in [2.05, 4.69) is 36.9 Å². The van der Waals surface area contributed by atoms with Gasteiger partial charge in [0.15, 0.2) is 5.01 Å². The molecule has 0 spiro atoms. The first kappa shape index (κ1) is 25.9. The molecule has 38 heavy (non-hydrogen) atoms. The summed E-state index contributed by atoms with van der Waals surface area (Å²) in [5.74, 6) is 5.47. The van der Waals surface area contributed by atoms with Gasteiger partial charge in [-0.1, -0.05) is 30.2 Å². The summed E-state index contributed by atoms with van der Waals surface area (Å²) in [6.45, 7) is 3.64. The monoisotopic (exact) mass is 535 g/mol. The molecular weight excluding hydrogens is 511 g/mol. The molecule has 1 N–H and O–H groups in total. The third kappa shape index (κ3) is 6.19. The first-order valence-corrected chi connectivity index (χ1v) is 12.8. The van der Waals surface area contributed by atoms with Crippen molar-refractivity contribution in [3.05, 3.63) is 87.6 Å². The van der Waals surface area contributed by atoms with Crippen LogP contribution in [0.5, 0.6) is 0 Å². The average molecular weight is 536 g/mol. The lowest BCUT2D eigenvalue weighted by Gasteiger charge is -2.32. The first-order chi connectivity index (χ1) is 18.2. The largest absolute Gasteiger partial charge is 0.416 e. The van der Waals surface area contributed by atoms with Gasteiger partial charge in [0.2, 0.25) is 0 Å².